The van der Waals surface area contributed by atoms with Gasteiger partial charge in [-0.1, -0.05) is 0 Å². The highest BCUT2D eigenvalue weighted by Crippen LogP contribution is 2.42. The topological polar surface area (TPSA) is 84.3 Å². The molecule has 7 nitrogen and oxygen atoms in total. The fraction of sp³-hybridized carbons (Fsp3) is 0.750. The van der Waals surface area contributed by atoms with Crippen molar-refractivity contribution in [3.63, 3.8) is 0 Å². The van der Waals surface area contributed by atoms with Gasteiger partial charge in [0.25, 0.3) is 5.91 Å². The van der Waals surface area contributed by atoms with Gasteiger partial charge in [-0.05, 0) is 52.4 Å². The van der Waals surface area contributed by atoms with Gasteiger partial charge in [-0.2, -0.15) is 5.10 Å². The van der Waals surface area contributed by atoms with Crippen LogP contribution in [0.4, 0.5) is 0 Å². The number of carbonyl (C=O) groups is 1. The zero-order chi connectivity index (χ0) is 17.3. The molecule has 1 aliphatic heterocycles. The monoisotopic (exact) mass is 354 g/mol. The molecule has 3 rings (SSSR count). The van der Waals surface area contributed by atoms with Crippen molar-refractivity contribution >= 4 is 15.7 Å². The molecule has 1 aromatic rings. The summed E-state index contributed by atoms with van der Waals surface area (Å²) in [5.74, 6) is 0.609. The molecule has 2 heterocycles. The SMILES string of the molecule is CN(C)CCCNC(=O)c1cc(C2CC2)n(C2CCS(=O)(=O)C2)n1. The molecule has 1 aromatic heterocycles. The second-order valence-electron chi connectivity index (χ2n) is 7.14. The van der Waals surface area contributed by atoms with E-state index in [-0.39, 0.29) is 23.5 Å². The number of aromatic nitrogens is 2. The molecule has 0 spiro atoms. The third kappa shape index (κ3) is 4.16. The van der Waals surface area contributed by atoms with Gasteiger partial charge in [0, 0.05) is 18.2 Å². The maximum Gasteiger partial charge on any atom is 0.271 e. The first-order chi connectivity index (χ1) is 11.4. The Morgan fingerprint density at radius 3 is 2.71 bits per heavy atom. The lowest BCUT2D eigenvalue weighted by Gasteiger charge is -2.12. The minimum atomic E-state index is -2.97. The summed E-state index contributed by atoms with van der Waals surface area (Å²) in [6.45, 7) is 1.53. The largest absolute Gasteiger partial charge is 0.351 e. The number of carbonyl (C=O) groups excluding carboxylic acids is 1. The maximum absolute atomic E-state index is 12.3. The van der Waals surface area contributed by atoms with E-state index in [0.29, 0.717) is 24.6 Å². The molecule has 1 N–H and O–H groups in total. The highest BCUT2D eigenvalue weighted by molar-refractivity contribution is 7.91. The van der Waals surface area contributed by atoms with E-state index in [2.05, 4.69) is 15.3 Å². The van der Waals surface area contributed by atoms with Crippen LogP contribution < -0.4 is 5.32 Å². The van der Waals surface area contributed by atoms with Crippen molar-refractivity contribution in [3.05, 3.63) is 17.5 Å². The first-order valence-corrected chi connectivity index (χ1v) is 10.4. The third-order valence-corrected chi connectivity index (χ3v) is 6.37. The van der Waals surface area contributed by atoms with Crippen LogP contribution in [0, 0.1) is 0 Å². The Morgan fingerprint density at radius 1 is 1.38 bits per heavy atom. The predicted molar refractivity (Wildman–Crippen MR) is 92.0 cm³/mol. The van der Waals surface area contributed by atoms with Crippen LogP contribution in [-0.4, -0.2) is 67.7 Å². The standard InChI is InChI=1S/C16H26N4O3S/c1-19(2)8-3-7-17-16(21)14-10-15(12-4-5-12)20(18-14)13-6-9-24(22,23)11-13/h10,12-13H,3-9,11H2,1-2H3,(H,17,21). The zero-order valence-corrected chi connectivity index (χ0v) is 15.2. The molecule has 8 heteroatoms. The fourth-order valence-electron chi connectivity index (χ4n) is 3.15. The van der Waals surface area contributed by atoms with Crippen LogP contribution in [0.3, 0.4) is 0 Å². The van der Waals surface area contributed by atoms with E-state index in [1.165, 1.54) is 0 Å². The van der Waals surface area contributed by atoms with Crippen LogP contribution in [0.2, 0.25) is 0 Å². The fourth-order valence-corrected chi connectivity index (χ4v) is 4.84. The summed E-state index contributed by atoms with van der Waals surface area (Å²) in [5, 5.41) is 7.36. The number of rotatable bonds is 7. The summed E-state index contributed by atoms with van der Waals surface area (Å²) >= 11 is 0. The first kappa shape index (κ1) is 17.4. The average molecular weight is 354 g/mol. The summed E-state index contributed by atoms with van der Waals surface area (Å²) < 4.78 is 25.3. The van der Waals surface area contributed by atoms with E-state index in [1.807, 2.05) is 24.8 Å². The molecule has 1 saturated heterocycles. The lowest BCUT2D eigenvalue weighted by Crippen LogP contribution is -2.27. The molecule has 0 aromatic carbocycles. The van der Waals surface area contributed by atoms with E-state index in [4.69, 9.17) is 0 Å². The first-order valence-electron chi connectivity index (χ1n) is 8.58. The second-order valence-corrected chi connectivity index (χ2v) is 9.37. The summed E-state index contributed by atoms with van der Waals surface area (Å²) in [7, 11) is 1.03. The molecule has 1 saturated carbocycles. The smallest absolute Gasteiger partial charge is 0.271 e. The van der Waals surface area contributed by atoms with Gasteiger partial charge >= 0.3 is 0 Å². The molecule has 2 fully saturated rings. The minimum absolute atomic E-state index is 0.124. The Morgan fingerprint density at radius 2 is 2.12 bits per heavy atom. The zero-order valence-electron chi connectivity index (χ0n) is 14.4. The van der Waals surface area contributed by atoms with E-state index in [0.717, 1.165) is 31.5 Å². The second kappa shape index (κ2) is 6.84. The summed E-state index contributed by atoms with van der Waals surface area (Å²) in [6, 6.07) is 1.73. The van der Waals surface area contributed by atoms with E-state index in [1.54, 1.807) is 0 Å². The molecular formula is C16H26N4O3S. The number of amides is 1. The quantitative estimate of drug-likeness (QED) is 0.732. The highest BCUT2D eigenvalue weighted by atomic mass is 32.2. The molecule has 1 unspecified atom stereocenters. The lowest BCUT2D eigenvalue weighted by atomic mass is 10.2. The van der Waals surface area contributed by atoms with Gasteiger partial charge in [0.2, 0.25) is 0 Å². The molecule has 0 bridgehead atoms. The van der Waals surface area contributed by atoms with Crippen molar-refractivity contribution in [1.29, 1.82) is 0 Å². The molecule has 134 valence electrons. The van der Waals surface area contributed by atoms with E-state index in [9.17, 15) is 13.2 Å². The van der Waals surface area contributed by atoms with Gasteiger partial charge in [0.05, 0.1) is 17.5 Å². The van der Waals surface area contributed by atoms with E-state index >= 15 is 0 Å². The summed E-state index contributed by atoms with van der Waals surface area (Å²) in [5.41, 5.74) is 1.43. The highest BCUT2D eigenvalue weighted by Gasteiger charge is 2.36. The molecule has 24 heavy (non-hydrogen) atoms. The molecular weight excluding hydrogens is 328 g/mol. The van der Waals surface area contributed by atoms with Crippen LogP contribution in [0.1, 0.15) is 53.8 Å². The Kier molecular flexibility index (Phi) is 4.96. The van der Waals surface area contributed by atoms with Crippen LogP contribution in [0.25, 0.3) is 0 Å². The Hall–Kier alpha value is -1.41. The van der Waals surface area contributed by atoms with Crippen molar-refractivity contribution in [2.45, 2.75) is 37.6 Å². The lowest BCUT2D eigenvalue weighted by molar-refractivity contribution is 0.0946. The molecule has 2 aliphatic rings. The number of nitrogens with one attached hydrogen (secondary N) is 1. The van der Waals surface area contributed by atoms with Gasteiger partial charge in [-0.15, -0.1) is 0 Å². The molecule has 1 amide bonds. The molecule has 1 atom stereocenters. The van der Waals surface area contributed by atoms with Crippen LogP contribution in [0.15, 0.2) is 6.07 Å². The summed E-state index contributed by atoms with van der Waals surface area (Å²) in [6.07, 6.45) is 3.66. The van der Waals surface area contributed by atoms with Crippen molar-refractivity contribution in [3.8, 4) is 0 Å². The van der Waals surface area contributed by atoms with Crippen molar-refractivity contribution in [2.24, 2.45) is 0 Å². The summed E-state index contributed by atoms with van der Waals surface area (Å²) in [4.78, 5) is 14.4. The van der Waals surface area contributed by atoms with Gasteiger partial charge in [0.1, 0.15) is 5.69 Å². The van der Waals surface area contributed by atoms with Gasteiger partial charge < -0.3 is 10.2 Å². The van der Waals surface area contributed by atoms with Gasteiger partial charge in [-0.25, -0.2) is 8.42 Å². The van der Waals surface area contributed by atoms with E-state index < -0.39 is 9.84 Å². The number of hydrogen-bond donors (Lipinski definition) is 1. The third-order valence-electron chi connectivity index (χ3n) is 4.61. The van der Waals surface area contributed by atoms with Crippen molar-refractivity contribution < 1.29 is 13.2 Å². The molecule has 1 aliphatic carbocycles. The van der Waals surface area contributed by atoms with Crippen LogP contribution >= 0.6 is 0 Å². The van der Waals surface area contributed by atoms with Gasteiger partial charge in [-0.3, -0.25) is 9.48 Å². The Labute approximate surface area is 143 Å². The minimum Gasteiger partial charge on any atom is -0.351 e. The van der Waals surface area contributed by atoms with Crippen molar-refractivity contribution in [2.75, 3.05) is 38.7 Å². The normalized spacial score (nSPS) is 22.9. The van der Waals surface area contributed by atoms with Crippen LogP contribution in [-0.2, 0) is 9.84 Å². The van der Waals surface area contributed by atoms with Crippen molar-refractivity contribution in [1.82, 2.24) is 20.0 Å². The van der Waals surface area contributed by atoms with Gasteiger partial charge in [0.15, 0.2) is 9.84 Å². The van der Waals surface area contributed by atoms with Crippen LogP contribution in [0.5, 0.6) is 0 Å². The Balaban J connectivity index is 1.68. The molecule has 0 radical (unpaired) electrons. The average Bonchev–Trinajstić information content (AvgIpc) is 3.15. The maximum atomic E-state index is 12.3. The number of nitrogens with zero attached hydrogens (tertiary/aromatic N) is 3. The number of sulfone groups is 1. The number of hydrogen-bond acceptors (Lipinski definition) is 5. The predicted octanol–water partition coefficient (Wildman–Crippen LogP) is 0.802. The Bertz CT molecular complexity index is 707.